The van der Waals surface area contributed by atoms with Gasteiger partial charge in [-0.1, -0.05) is 140 Å². The maximum absolute atomic E-state index is 11.7. The predicted molar refractivity (Wildman–Crippen MR) is 254 cm³/mol. The molecule has 0 aliphatic carbocycles. The maximum atomic E-state index is 11.7. The quantitative estimate of drug-likeness (QED) is 0.114. The van der Waals surface area contributed by atoms with Crippen LogP contribution in [0.25, 0.3) is 75.8 Å². The highest BCUT2D eigenvalue weighted by Gasteiger charge is 2.21. The average molecular weight is 765 g/mol. The highest BCUT2D eigenvalue weighted by Crippen LogP contribution is 2.46. The summed E-state index contributed by atoms with van der Waals surface area (Å²) >= 11 is 0. The van der Waals surface area contributed by atoms with E-state index in [1.54, 1.807) is 0 Å². The molecule has 0 unspecified atom stereocenters. The lowest BCUT2D eigenvalue weighted by Gasteiger charge is -2.28. The molecule has 0 bridgehead atoms. The van der Waals surface area contributed by atoms with Crippen molar-refractivity contribution in [3.63, 3.8) is 0 Å². The van der Waals surface area contributed by atoms with Crippen molar-refractivity contribution >= 4 is 105 Å². The molecule has 0 saturated carbocycles. The molecule has 0 fully saturated rings. The Labute approximate surface area is 347 Å². The molecule has 0 aliphatic rings. The van der Waals surface area contributed by atoms with E-state index in [1.165, 1.54) is 64.6 Å². The van der Waals surface area contributed by atoms with Crippen molar-refractivity contribution in [3.8, 4) is 11.1 Å². The van der Waals surface area contributed by atoms with Gasteiger partial charge in [0.2, 0.25) is 0 Å². The number of aldehydes is 1. The predicted octanol–water partition coefficient (Wildman–Crippen LogP) is 15.9. The van der Waals surface area contributed by atoms with E-state index in [9.17, 15) is 4.79 Å². The van der Waals surface area contributed by atoms with Crippen LogP contribution in [0.2, 0.25) is 0 Å². The fourth-order valence-corrected chi connectivity index (χ4v) is 9.57. The Hall–Kier alpha value is -8.01. The molecular formula is C57H36N2O. The van der Waals surface area contributed by atoms with Crippen LogP contribution in [0.1, 0.15) is 10.4 Å². The van der Waals surface area contributed by atoms with Crippen LogP contribution in [0.15, 0.2) is 212 Å². The number of nitrogens with zero attached hydrogens (tertiary/aromatic N) is 2. The Balaban J connectivity index is 0.945. The Morgan fingerprint density at radius 2 is 0.633 bits per heavy atom. The normalized spacial score (nSPS) is 11.7. The molecule has 0 N–H and O–H groups in total. The van der Waals surface area contributed by atoms with Crippen molar-refractivity contribution in [1.29, 1.82) is 0 Å². The third-order valence-electron chi connectivity index (χ3n) is 12.4. The van der Waals surface area contributed by atoms with E-state index in [-0.39, 0.29) is 0 Å². The Morgan fingerprint density at radius 1 is 0.283 bits per heavy atom. The van der Waals surface area contributed by atoms with Crippen molar-refractivity contribution in [3.05, 3.63) is 218 Å². The first kappa shape index (κ1) is 34.1. The summed E-state index contributed by atoms with van der Waals surface area (Å²) in [5.41, 5.74) is 9.38. The van der Waals surface area contributed by atoms with E-state index in [4.69, 9.17) is 0 Å². The molecule has 280 valence electrons. The Kier molecular flexibility index (Phi) is 7.69. The Morgan fingerprint density at radius 3 is 1.05 bits per heavy atom. The van der Waals surface area contributed by atoms with Gasteiger partial charge < -0.3 is 9.80 Å². The zero-order valence-corrected chi connectivity index (χ0v) is 32.6. The topological polar surface area (TPSA) is 23.6 Å². The molecular weight excluding hydrogens is 729 g/mol. The highest BCUT2D eigenvalue weighted by atomic mass is 16.1. The number of para-hydroxylation sites is 1. The van der Waals surface area contributed by atoms with Gasteiger partial charge in [-0.25, -0.2) is 0 Å². The second-order valence-electron chi connectivity index (χ2n) is 15.7. The lowest BCUT2D eigenvalue weighted by atomic mass is 9.93. The number of anilines is 6. The first-order chi connectivity index (χ1) is 29.7. The van der Waals surface area contributed by atoms with Crippen LogP contribution < -0.4 is 9.80 Å². The van der Waals surface area contributed by atoms with Crippen LogP contribution in [0.5, 0.6) is 0 Å². The molecule has 0 saturated heterocycles. The van der Waals surface area contributed by atoms with E-state index < -0.39 is 0 Å². The lowest BCUT2D eigenvalue weighted by molar-refractivity contribution is 0.112. The van der Waals surface area contributed by atoms with Crippen LogP contribution in [0.3, 0.4) is 0 Å². The summed E-state index contributed by atoms with van der Waals surface area (Å²) in [6.07, 6.45) is 0.898. The lowest BCUT2D eigenvalue weighted by Crippen LogP contribution is -2.11. The second kappa shape index (κ2) is 13.5. The number of benzene rings is 12. The van der Waals surface area contributed by atoms with Gasteiger partial charge >= 0.3 is 0 Å². The number of hydrogen-bond acceptors (Lipinski definition) is 3. The molecule has 0 aromatic heterocycles. The number of rotatable bonds is 8. The zero-order chi connectivity index (χ0) is 39.7. The molecule has 12 rings (SSSR count). The van der Waals surface area contributed by atoms with Crippen molar-refractivity contribution in [2.45, 2.75) is 0 Å². The molecule has 0 atom stereocenters. The highest BCUT2D eigenvalue weighted by molar-refractivity contribution is 6.27. The smallest absolute Gasteiger partial charge is 0.150 e. The van der Waals surface area contributed by atoms with E-state index in [2.05, 4.69) is 198 Å². The van der Waals surface area contributed by atoms with E-state index >= 15 is 0 Å². The van der Waals surface area contributed by atoms with Gasteiger partial charge in [0.05, 0.1) is 11.4 Å². The molecule has 0 spiro atoms. The Bertz CT molecular complexity index is 3510. The van der Waals surface area contributed by atoms with Crippen molar-refractivity contribution in [1.82, 2.24) is 0 Å². The van der Waals surface area contributed by atoms with E-state index in [1.807, 2.05) is 24.3 Å². The van der Waals surface area contributed by atoms with Gasteiger partial charge in [0.25, 0.3) is 0 Å². The van der Waals surface area contributed by atoms with Gasteiger partial charge in [-0.15, -0.1) is 0 Å². The minimum absolute atomic E-state index is 0.651. The molecule has 0 radical (unpaired) electrons. The molecule has 12 aromatic carbocycles. The largest absolute Gasteiger partial charge is 0.310 e. The van der Waals surface area contributed by atoms with Gasteiger partial charge in [-0.05, 0) is 138 Å². The van der Waals surface area contributed by atoms with Crippen molar-refractivity contribution < 1.29 is 4.79 Å². The summed E-state index contributed by atoms with van der Waals surface area (Å²) in [6.45, 7) is 0. The molecule has 3 nitrogen and oxygen atoms in total. The second-order valence-corrected chi connectivity index (χ2v) is 15.7. The van der Waals surface area contributed by atoms with Crippen LogP contribution in [-0.4, -0.2) is 6.29 Å². The summed E-state index contributed by atoms with van der Waals surface area (Å²) in [4.78, 5) is 16.4. The van der Waals surface area contributed by atoms with Gasteiger partial charge in [0.1, 0.15) is 6.29 Å². The first-order valence-corrected chi connectivity index (χ1v) is 20.4. The van der Waals surface area contributed by atoms with Crippen LogP contribution in [0.4, 0.5) is 34.1 Å². The summed E-state index contributed by atoms with van der Waals surface area (Å²) in [7, 11) is 0. The molecule has 0 aliphatic heterocycles. The monoisotopic (exact) mass is 764 g/mol. The standard InChI is InChI=1S/C57H36N2O/c60-36-37-12-26-47(27-13-37)59(53-35-25-45-17-15-41-7-5-9-43-23-33-51(53)57(45)55(41)43)49-30-20-39(21-31-49)38-18-28-48(29-19-38)58(46-10-2-1-3-11-46)52-34-24-44-16-14-40-6-4-8-42-22-32-50(52)56(44)54(40)42/h1-36H. The first-order valence-electron chi connectivity index (χ1n) is 20.4. The fourth-order valence-electron chi connectivity index (χ4n) is 9.57. The van der Waals surface area contributed by atoms with Gasteiger partial charge in [0.15, 0.2) is 0 Å². The third kappa shape index (κ3) is 5.33. The number of hydrogen-bond donors (Lipinski definition) is 0. The third-order valence-corrected chi connectivity index (χ3v) is 12.4. The molecule has 0 amide bonds. The summed E-state index contributed by atoms with van der Waals surface area (Å²) in [5, 5.41) is 15.1. The molecule has 0 heterocycles. The molecule has 60 heavy (non-hydrogen) atoms. The van der Waals surface area contributed by atoms with Gasteiger partial charge in [-0.3, -0.25) is 4.79 Å². The average Bonchev–Trinajstić information content (AvgIpc) is 3.32. The van der Waals surface area contributed by atoms with Crippen LogP contribution in [0, 0.1) is 0 Å². The van der Waals surface area contributed by atoms with Crippen molar-refractivity contribution in [2.75, 3.05) is 9.80 Å². The fraction of sp³-hybridized carbons (Fsp3) is 0. The zero-order valence-electron chi connectivity index (χ0n) is 32.6. The van der Waals surface area contributed by atoms with Gasteiger partial charge in [-0.2, -0.15) is 0 Å². The molecule has 3 heteroatoms. The van der Waals surface area contributed by atoms with Gasteiger partial charge in [0, 0.05) is 39.1 Å². The van der Waals surface area contributed by atoms with Crippen LogP contribution >= 0.6 is 0 Å². The minimum atomic E-state index is 0.651. The minimum Gasteiger partial charge on any atom is -0.310 e. The summed E-state index contributed by atoms with van der Waals surface area (Å²) in [5.74, 6) is 0. The van der Waals surface area contributed by atoms with Crippen molar-refractivity contribution in [2.24, 2.45) is 0 Å². The van der Waals surface area contributed by atoms with Crippen LogP contribution in [-0.2, 0) is 0 Å². The SMILES string of the molecule is O=Cc1ccc(N(c2ccc(-c3ccc(N(c4ccccc4)c4ccc5ccc6cccc7ccc4c5c67)cc3)cc2)c2ccc3ccc4cccc5ccc2c3c45)cc1. The number of carbonyl (C=O) groups is 1. The van der Waals surface area contributed by atoms with E-state index in [0.717, 1.165) is 51.5 Å². The summed E-state index contributed by atoms with van der Waals surface area (Å²) in [6, 6.07) is 76.3. The van der Waals surface area contributed by atoms with E-state index in [0.29, 0.717) is 5.56 Å². The summed E-state index contributed by atoms with van der Waals surface area (Å²) < 4.78 is 0. The molecule has 12 aromatic rings. The number of carbonyl (C=O) groups excluding carboxylic acids is 1. The maximum Gasteiger partial charge on any atom is 0.150 e.